The maximum absolute atomic E-state index is 13.4. The highest BCUT2D eigenvalue weighted by Gasteiger charge is 2.31. The van der Waals surface area contributed by atoms with Crippen molar-refractivity contribution in [1.82, 2.24) is 9.97 Å². The topological polar surface area (TPSA) is 58.6 Å². The van der Waals surface area contributed by atoms with Gasteiger partial charge in [0, 0.05) is 20.1 Å². The summed E-state index contributed by atoms with van der Waals surface area (Å²) in [6.45, 7) is 3.38. The van der Waals surface area contributed by atoms with Gasteiger partial charge in [-0.1, -0.05) is 37.3 Å². The molecule has 0 radical (unpaired) electrons. The second-order valence-corrected chi connectivity index (χ2v) is 6.95. The fourth-order valence-corrected chi connectivity index (χ4v) is 3.46. The van der Waals surface area contributed by atoms with E-state index in [2.05, 4.69) is 4.90 Å². The fourth-order valence-electron chi connectivity index (χ4n) is 3.46. The van der Waals surface area contributed by atoms with Crippen molar-refractivity contribution >= 4 is 28.6 Å². The van der Waals surface area contributed by atoms with Crippen molar-refractivity contribution in [2.45, 2.75) is 25.9 Å². The van der Waals surface area contributed by atoms with Crippen LogP contribution in [0.1, 0.15) is 19.8 Å². The predicted octanol–water partition coefficient (Wildman–Crippen LogP) is 3.66. The van der Waals surface area contributed by atoms with Gasteiger partial charge < -0.3 is 9.64 Å². The molecule has 2 aromatic carbocycles. The molecule has 0 bridgehead atoms. The number of benzene rings is 2. The van der Waals surface area contributed by atoms with Gasteiger partial charge in [-0.3, -0.25) is 9.69 Å². The third-order valence-corrected chi connectivity index (χ3v) is 4.96. The molecule has 0 spiro atoms. The van der Waals surface area contributed by atoms with Crippen molar-refractivity contribution in [2.75, 3.05) is 29.9 Å². The molecule has 0 saturated carbocycles. The Morgan fingerprint density at radius 2 is 1.64 bits per heavy atom. The van der Waals surface area contributed by atoms with Crippen LogP contribution in [0, 0.1) is 0 Å². The van der Waals surface area contributed by atoms with E-state index in [0.29, 0.717) is 24.5 Å². The predicted molar refractivity (Wildman–Crippen MR) is 111 cm³/mol. The lowest BCUT2D eigenvalue weighted by Gasteiger charge is -2.26. The number of carbonyl (C=O) groups is 1. The highest BCUT2D eigenvalue weighted by atomic mass is 16.5. The standard InChI is InChI=1S/C22H24N4O2/c1-3-19(28-16-10-5-4-6-11-16)22(27)26-15-9-14-25(2)20-21(26)24-18-13-8-7-12-17(18)23-20/h4-8,10-13,19H,3,9,14-15H2,1-2H3/t19-/m0/s1. The van der Waals surface area contributed by atoms with Gasteiger partial charge in [-0.15, -0.1) is 0 Å². The number of rotatable bonds is 4. The molecule has 3 aromatic rings. The monoisotopic (exact) mass is 376 g/mol. The number of hydrogen-bond donors (Lipinski definition) is 0. The molecule has 0 aliphatic carbocycles. The Morgan fingerprint density at radius 3 is 2.32 bits per heavy atom. The second kappa shape index (κ2) is 7.84. The number of hydrogen-bond acceptors (Lipinski definition) is 5. The van der Waals surface area contributed by atoms with Gasteiger partial charge in [-0.05, 0) is 37.1 Å². The number of carbonyl (C=O) groups excluding carboxylic acids is 1. The third kappa shape index (κ3) is 3.50. The molecular formula is C22H24N4O2. The molecule has 6 nitrogen and oxygen atoms in total. The van der Waals surface area contributed by atoms with Crippen LogP contribution in [0.4, 0.5) is 11.6 Å². The lowest BCUT2D eigenvalue weighted by molar-refractivity contribution is -0.125. The van der Waals surface area contributed by atoms with Crippen molar-refractivity contribution in [3.63, 3.8) is 0 Å². The zero-order valence-electron chi connectivity index (χ0n) is 16.2. The van der Waals surface area contributed by atoms with Crippen LogP contribution in [0.25, 0.3) is 11.0 Å². The van der Waals surface area contributed by atoms with E-state index in [1.807, 2.05) is 68.6 Å². The summed E-state index contributed by atoms with van der Waals surface area (Å²) in [5.74, 6) is 1.96. The summed E-state index contributed by atoms with van der Waals surface area (Å²) in [6.07, 6.45) is 0.862. The second-order valence-electron chi connectivity index (χ2n) is 6.95. The molecule has 0 unspecified atom stereocenters. The Balaban J connectivity index is 1.71. The SMILES string of the molecule is CC[C@H](Oc1ccccc1)C(=O)N1CCCN(C)c2nc3ccccc3nc21. The molecule has 1 aromatic heterocycles. The van der Waals surface area contributed by atoms with Crippen LogP contribution in [0.15, 0.2) is 54.6 Å². The fraction of sp³-hybridized carbons (Fsp3) is 0.318. The maximum Gasteiger partial charge on any atom is 0.269 e. The molecule has 0 N–H and O–H groups in total. The quantitative estimate of drug-likeness (QED) is 0.695. The number of aromatic nitrogens is 2. The molecule has 144 valence electrons. The summed E-state index contributed by atoms with van der Waals surface area (Å²) in [4.78, 5) is 26.8. The van der Waals surface area contributed by atoms with E-state index >= 15 is 0 Å². The van der Waals surface area contributed by atoms with E-state index < -0.39 is 6.10 Å². The van der Waals surface area contributed by atoms with Gasteiger partial charge in [0.15, 0.2) is 17.7 Å². The van der Waals surface area contributed by atoms with Crippen LogP contribution in [0.5, 0.6) is 5.75 Å². The van der Waals surface area contributed by atoms with E-state index in [1.54, 1.807) is 4.90 Å². The largest absolute Gasteiger partial charge is 0.481 e. The molecule has 4 rings (SSSR count). The highest BCUT2D eigenvalue weighted by molar-refractivity contribution is 5.99. The van der Waals surface area contributed by atoms with Crippen LogP contribution in [0.2, 0.25) is 0 Å². The molecule has 1 aliphatic heterocycles. The lowest BCUT2D eigenvalue weighted by Crippen LogP contribution is -2.42. The molecule has 0 fully saturated rings. The number of para-hydroxylation sites is 3. The van der Waals surface area contributed by atoms with Crippen LogP contribution < -0.4 is 14.5 Å². The van der Waals surface area contributed by atoms with Crippen molar-refractivity contribution < 1.29 is 9.53 Å². The zero-order valence-corrected chi connectivity index (χ0v) is 16.2. The van der Waals surface area contributed by atoms with E-state index in [-0.39, 0.29) is 5.91 Å². The zero-order chi connectivity index (χ0) is 19.5. The van der Waals surface area contributed by atoms with Gasteiger partial charge in [0.25, 0.3) is 5.91 Å². The van der Waals surface area contributed by atoms with Crippen LogP contribution in [-0.4, -0.2) is 42.1 Å². The van der Waals surface area contributed by atoms with E-state index in [9.17, 15) is 4.79 Å². The number of nitrogens with zero attached hydrogens (tertiary/aromatic N) is 4. The Labute approximate surface area is 164 Å². The summed E-state index contributed by atoms with van der Waals surface area (Å²) < 4.78 is 6.00. The first-order valence-electron chi connectivity index (χ1n) is 9.68. The smallest absolute Gasteiger partial charge is 0.269 e. The number of anilines is 2. The molecule has 1 amide bonds. The van der Waals surface area contributed by atoms with E-state index in [1.165, 1.54) is 0 Å². The molecule has 28 heavy (non-hydrogen) atoms. The van der Waals surface area contributed by atoms with Gasteiger partial charge in [-0.25, -0.2) is 9.97 Å². The normalized spacial score (nSPS) is 15.1. The van der Waals surface area contributed by atoms with Gasteiger partial charge in [0.05, 0.1) is 11.0 Å². The number of amides is 1. The van der Waals surface area contributed by atoms with Crippen molar-refractivity contribution in [2.24, 2.45) is 0 Å². The maximum atomic E-state index is 13.4. The Bertz CT molecular complexity index is 977. The van der Waals surface area contributed by atoms with Gasteiger partial charge in [0.1, 0.15) is 5.75 Å². The van der Waals surface area contributed by atoms with Crippen LogP contribution in [-0.2, 0) is 4.79 Å². The molecule has 1 atom stereocenters. The first kappa shape index (κ1) is 18.2. The van der Waals surface area contributed by atoms with E-state index in [4.69, 9.17) is 14.7 Å². The average Bonchev–Trinajstić information content (AvgIpc) is 2.89. The Morgan fingerprint density at radius 1 is 1.00 bits per heavy atom. The van der Waals surface area contributed by atoms with Crippen molar-refractivity contribution in [3.8, 4) is 5.75 Å². The number of ether oxygens (including phenoxy) is 1. The van der Waals surface area contributed by atoms with Crippen molar-refractivity contribution in [3.05, 3.63) is 54.6 Å². The average molecular weight is 376 g/mol. The minimum absolute atomic E-state index is 0.0764. The van der Waals surface area contributed by atoms with E-state index in [0.717, 1.165) is 29.8 Å². The lowest BCUT2D eigenvalue weighted by atomic mass is 10.2. The summed E-state index contributed by atoms with van der Waals surface area (Å²) in [5.41, 5.74) is 1.61. The molecule has 6 heteroatoms. The first-order chi connectivity index (χ1) is 13.7. The highest BCUT2D eigenvalue weighted by Crippen LogP contribution is 2.31. The Hall–Kier alpha value is -3.15. The molecule has 1 aliphatic rings. The summed E-state index contributed by atoms with van der Waals surface area (Å²) in [7, 11) is 1.99. The minimum atomic E-state index is -0.563. The van der Waals surface area contributed by atoms with Gasteiger partial charge in [0.2, 0.25) is 0 Å². The molecule has 0 saturated heterocycles. The minimum Gasteiger partial charge on any atom is -0.481 e. The van der Waals surface area contributed by atoms with Crippen LogP contribution >= 0.6 is 0 Å². The first-order valence-corrected chi connectivity index (χ1v) is 9.68. The summed E-state index contributed by atoms with van der Waals surface area (Å²) in [6, 6.07) is 17.2. The molecule has 2 heterocycles. The molecular weight excluding hydrogens is 352 g/mol. The van der Waals surface area contributed by atoms with Crippen LogP contribution in [0.3, 0.4) is 0 Å². The van der Waals surface area contributed by atoms with Crippen molar-refractivity contribution in [1.29, 1.82) is 0 Å². The summed E-state index contributed by atoms with van der Waals surface area (Å²) in [5, 5.41) is 0. The number of fused-ring (bicyclic) bond motifs is 2. The third-order valence-electron chi connectivity index (χ3n) is 4.96. The summed E-state index contributed by atoms with van der Waals surface area (Å²) >= 11 is 0. The van der Waals surface area contributed by atoms with Gasteiger partial charge >= 0.3 is 0 Å². The Kier molecular flexibility index (Phi) is 5.10. The van der Waals surface area contributed by atoms with Gasteiger partial charge in [-0.2, -0.15) is 0 Å².